The molecule has 17 heavy (non-hydrogen) atoms. The molecule has 1 aromatic rings. The second-order valence-corrected chi connectivity index (χ2v) is 4.55. The summed E-state index contributed by atoms with van der Waals surface area (Å²) in [6, 6.07) is 3.08. The van der Waals surface area contributed by atoms with Crippen LogP contribution in [-0.4, -0.2) is 11.1 Å². The molecule has 0 bridgehead atoms. The minimum absolute atomic E-state index is 0.0812. The molecule has 94 valence electrons. The molecule has 6 heteroatoms. The summed E-state index contributed by atoms with van der Waals surface area (Å²) in [6.45, 7) is 2.43. The van der Waals surface area contributed by atoms with Crippen LogP contribution in [0.5, 0.6) is 0 Å². The highest BCUT2D eigenvalue weighted by molar-refractivity contribution is 6.30. The van der Waals surface area contributed by atoms with E-state index in [0.717, 1.165) is 12.1 Å². The zero-order valence-corrected chi connectivity index (χ0v) is 9.86. The van der Waals surface area contributed by atoms with E-state index in [2.05, 4.69) is 0 Å². The van der Waals surface area contributed by atoms with Crippen LogP contribution in [0.25, 0.3) is 0 Å². The van der Waals surface area contributed by atoms with Crippen LogP contribution in [0.15, 0.2) is 18.2 Å². The summed E-state index contributed by atoms with van der Waals surface area (Å²) in [7, 11) is 0. The monoisotopic (exact) mass is 266 g/mol. The molecule has 0 saturated carbocycles. The number of benzene rings is 1. The molecule has 0 heterocycles. The fraction of sp³-hybridized carbons (Fsp3) is 0.364. The molecule has 0 fully saturated rings. The van der Waals surface area contributed by atoms with Crippen molar-refractivity contribution in [3.63, 3.8) is 0 Å². The van der Waals surface area contributed by atoms with E-state index in [1.54, 1.807) is 0 Å². The summed E-state index contributed by atoms with van der Waals surface area (Å²) in [5.74, 6) is -1.33. The number of carbonyl (C=O) groups is 1. The molecule has 2 nitrogen and oxygen atoms in total. The van der Waals surface area contributed by atoms with Crippen LogP contribution >= 0.6 is 11.6 Å². The summed E-state index contributed by atoms with van der Waals surface area (Å²) in [6.07, 6.45) is -4.63. The molecule has 0 aliphatic rings. The number of rotatable bonds is 2. The van der Waals surface area contributed by atoms with Gasteiger partial charge in [-0.15, -0.1) is 0 Å². The molecule has 0 atom stereocenters. The highest BCUT2D eigenvalue weighted by atomic mass is 35.5. The highest BCUT2D eigenvalue weighted by Gasteiger charge is 2.40. The van der Waals surface area contributed by atoms with Gasteiger partial charge in [-0.3, -0.25) is 4.79 Å². The van der Waals surface area contributed by atoms with Crippen LogP contribution in [0.2, 0.25) is 5.02 Å². The van der Waals surface area contributed by atoms with Crippen molar-refractivity contribution in [2.24, 2.45) is 0 Å². The first-order valence-corrected chi connectivity index (χ1v) is 5.05. The van der Waals surface area contributed by atoms with Gasteiger partial charge in [-0.05, 0) is 31.5 Å². The number of carboxylic acids is 1. The van der Waals surface area contributed by atoms with E-state index >= 15 is 0 Å². The first kappa shape index (κ1) is 13.8. The minimum Gasteiger partial charge on any atom is -0.481 e. The fourth-order valence-corrected chi connectivity index (χ4v) is 1.58. The molecule has 1 rings (SSSR count). The van der Waals surface area contributed by atoms with Gasteiger partial charge in [0, 0.05) is 5.02 Å². The molecular formula is C11H10ClF3O2. The number of hydrogen-bond acceptors (Lipinski definition) is 1. The van der Waals surface area contributed by atoms with E-state index in [1.165, 1.54) is 19.9 Å². The Morgan fingerprint density at radius 2 is 1.76 bits per heavy atom. The Hall–Kier alpha value is -1.23. The number of aliphatic carboxylic acids is 1. The number of hydrogen-bond donors (Lipinski definition) is 1. The third-order valence-corrected chi connectivity index (χ3v) is 2.73. The maximum absolute atomic E-state index is 12.8. The Balaban J connectivity index is 3.50. The molecule has 0 saturated heterocycles. The van der Waals surface area contributed by atoms with Gasteiger partial charge in [0.15, 0.2) is 0 Å². The summed E-state index contributed by atoms with van der Waals surface area (Å²) >= 11 is 5.51. The van der Waals surface area contributed by atoms with E-state index in [1.807, 2.05) is 0 Å². The predicted molar refractivity (Wildman–Crippen MR) is 57.1 cm³/mol. The topological polar surface area (TPSA) is 37.3 Å². The van der Waals surface area contributed by atoms with Crippen molar-refractivity contribution in [3.05, 3.63) is 34.3 Å². The lowest BCUT2D eigenvalue weighted by atomic mass is 9.81. The maximum atomic E-state index is 12.8. The van der Waals surface area contributed by atoms with Gasteiger partial charge in [-0.2, -0.15) is 13.2 Å². The minimum atomic E-state index is -4.63. The summed E-state index contributed by atoms with van der Waals surface area (Å²) in [4.78, 5) is 11.0. The number of carboxylic acid groups (broad SMARTS) is 1. The van der Waals surface area contributed by atoms with Gasteiger partial charge in [0.25, 0.3) is 0 Å². The second-order valence-electron chi connectivity index (χ2n) is 4.12. The van der Waals surface area contributed by atoms with Gasteiger partial charge in [0.2, 0.25) is 0 Å². The molecule has 0 unspecified atom stereocenters. The Kier molecular flexibility index (Phi) is 3.43. The molecule has 1 aromatic carbocycles. The van der Waals surface area contributed by atoms with Crippen molar-refractivity contribution in [2.75, 3.05) is 0 Å². The average Bonchev–Trinajstić information content (AvgIpc) is 2.15. The van der Waals surface area contributed by atoms with E-state index in [4.69, 9.17) is 16.7 Å². The smallest absolute Gasteiger partial charge is 0.416 e. The lowest BCUT2D eigenvalue weighted by molar-refractivity contribution is -0.144. The van der Waals surface area contributed by atoms with Gasteiger partial charge in [-0.1, -0.05) is 17.7 Å². The van der Waals surface area contributed by atoms with E-state index in [-0.39, 0.29) is 10.6 Å². The largest absolute Gasteiger partial charge is 0.481 e. The molecule has 0 amide bonds. The second kappa shape index (κ2) is 4.22. The Bertz CT molecular complexity index is 453. The summed E-state index contributed by atoms with van der Waals surface area (Å²) < 4.78 is 38.3. The van der Waals surface area contributed by atoms with E-state index in [0.29, 0.717) is 0 Å². The van der Waals surface area contributed by atoms with Gasteiger partial charge < -0.3 is 5.11 Å². The SMILES string of the molecule is CC(C)(C(=O)O)c1ccc(Cl)cc1C(F)(F)F. The quantitative estimate of drug-likeness (QED) is 0.886. The van der Waals surface area contributed by atoms with Crippen LogP contribution in [-0.2, 0) is 16.4 Å². The Morgan fingerprint density at radius 1 is 1.24 bits per heavy atom. The molecule has 0 aliphatic heterocycles. The molecule has 1 N–H and O–H groups in total. The van der Waals surface area contributed by atoms with Crippen LogP contribution in [0.4, 0.5) is 13.2 Å². The Morgan fingerprint density at radius 3 is 2.18 bits per heavy atom. The van der Waals surface area contributed by atoms with Crippen LogP contribution in [0.1, 0.15) is 25.0 Å². The van der Waals surface area contributed by atoms with Crippen LogP contribution in [0.3, 0.4) is 0 Å². The average molecular weight is 267 g/mol. The number of alkyl halides is 3. The molecule has 0 radical (unpaired) electrons. The fourth-order valence-electron chi connectivity index (χ4n) is 1.41. The van der Waals surface area contributed by atoms with Crippen molar-refractivity contribution >= 4 is 17.6 Å². The molecule has 0 aliphatic carbocycles. The lowest BCUT2D eigenvalue weighted by Gasteiger charge is -2.24. The van der Waals surface area contributed by atoms with Crippen molar-refractivity contribution in [1.29, 1.82) is 0 Å². The molecular weight excluding hydrogens is 257 g/mol. The number of halogens is 4. The van der Waals surface area contributed by atoms with Crippen molar-refractivity contribution in [2.45, 2.75) is 25.4 Å². The summed E-state index contributed by atoms with van der Waals surface area (Å²) in [5.41, 5.74) is -2.95. The first-order chi connectivity index (χ1) is 7.56. The van der Waals surface area contributed by atoms with Gasteiger partial charge in [0.1, 0.15) is 0 Å². The normalized spacial score (nSPS) is 12.6. The van der Waals surface area contributed by atoms with E-state index in [9.17, 15) is 18.0 Å². The predicted octanol–water partition coefficient (Wildman–Crippen LogP) is 3.72. The Labute approximate surface area is 101 Å². The van der Waals surface area contributed by atoms with E-state index < -0.39 is 23.1 Å². The standard InChI is InChI=1S/C11H10ClF3O2/c1-10(2,9(16)17)7-4-3-6(12)5-8(7)11(13,14)15/h3-5H,1-2H3,(H,16,17). The van der Waals surface area contributed by atoms with Gasteiger partial charge in [0.05, 0.1) is 11.0 Å². The van der Waals surface area contributed by atoms with Gasteiger partial charge in [-0.25, -0.2) is 0 Å². The zero-order chi connectivity index (χ0) is 13.4. The van der Waals surface area contributed by atoms with Crippen LogP contribution in [0, 0.1) is 0 Å². The third kappa shape index (κ3) is 2.72. The summed E-state index contributed by atoms with van der Waals surface area (Å²) in [5, 5.41) is 8.87. The molecule has 0 aromatic heterocycles. The third-order valence-electron chi connectivity index (χ3n) is 2.50. The van der Waals surface area contributed by atoms with Crippen molar-refractivity contribution < 1.29 is 23.1 Å². The highest BCUT2D eigenvalue weighted by Crippen LogP contribution is 2.39. The van der Waals surface area contributed by atoms with Crippen molar-refractivity contribution in [3.8, 4) is 0 Å². The maximum Gasteiger partial charge on any atom is 0.416 e. The van der Waals surface area contributed by atoms with Crippen LogP contribution < -0.4 is 0 Å². The first-order valence-electron chi connectivity index (χ1n) is 4.67. The molecule has 0 spiro atoms. The van der Waals surface area contributed by atoms with Crippen molar-refractivity contribution in [1.82, 2.24) is 0 Å². The lowest BCUT2D eigenvalue weighted by Crippen LogP contribution is -2.31. The zero-order valence-electron chi connectivity index (χ0n) is 9.10. The van der Waals surface area contributed by atoms with Gasteiger partial charge >= 0.3 is 12.1 Å².